The highest BCUT2D eigenvalue weighted by Gasteiger charge is 2.46. The summed E-state index contributed by atoms with van der Waals surface area (Å²) >= 11 is 0. The van der Waals surface area contributed by atoms with Crippen molar-refractivity contribution in [2.45, 2.75) is 50.9 Å². The zero-order chi connectivity index (χ0) is 12.2. The van der Waals surface area contributed by atoms with Crippen LogP contribution in [0, 0.1) is 0 Å². The van der Waals surface area contributed by atoms with Crippen molar-refractivity contribution in [2.24, 2.45) is 0 Å². The van der Waals surface area contributed by atoms with E-state index in [-0.39, 0.29) is 0 Å². The van der Waals surface area contributed by atoms with Gasteiger partial charge in [0.2, 0.25) is 0 Å². The minimum atomic E-state index is -2.45. The van der Waals surface area contributed by atoms with Crippen molar-refractivity contribution in [3.8, 4) is 0 Å². The standard InChI is InChI=1S/C11H24O4Si/c1-6-10-11(15-10)8-7-9(2)16(12-3,13-4)14-5/h9-11H,6-8H2,1-5H3. The molecule has 1 aliphatic rings. The van der Waals surface area contributed by atoms with Gasteiger partial charge in [-0.1, -0.05) is 13.8 Å². The largest absolute Gasteiger partial charge is 0.503 e. The lowest BCUT2D eigenvalue weighted by atomic mass is 10.1. The maximum absolute atomic E-state index is 5.52. The first-order valence-corrected chi connectivity index (χ1v) is 7.74. The molecular weight excluding hydrogens is 224 g/mol. The van der Waals surface area contributed by atoms with Crippen LogP contribution in [0.2, 0.25) is 5.54 Å². The molecule has 1 rings (SSSR count). The summed E-state index contributed by atoms with van der Waals surface area (Å²) in [5.41, 5.74) is 0.314. The number of epoxide rings is 1. The molecule has 0 saturated carbocycles. The van der Waals surface area contributed by atoms with Crippen LogP contribution in [0.25, 0.3) is 0 Å². The van der Waals surface area contributed by atoms with Gasteiger partial charge in [0.15, 0.2) is 0 Å². The van der Waals surface area contributed by atoms with Crippen LogP contribution in [0.5, 0.6) is 0 Å². The summed E-state index contributed by atoms with van der Waals surface area (Å²) in [4.78, 5) is 0. The van der Waals surface area contributed by atoms with E-state index in [1.165, 1.54) is 0 Å². The fourth-order valence-electron chi connectivity index (χ4n) is 2.24. The van der Waals surface area contributed by atoms with Gasteiger partial charge in [-0.05, 0) is 19.3 Å². The first-order chi connectivity index (χ1) is 7.63. The van der Waals surface area contributed by atoms with Gasteiger partial charge in [0.05, 0.1) is 12.2 Å². The first kappa shape index (κ1) is 14.1. The fourth-order valence-corrected chi connectivity index (χ4v) is 4.46. The minimum absolute atomic E-state index is 0.314. The van der Waals surface area contributed by atoms with Gasteiger partial charge in [0.1, 0.15) is 0 Å². The molecule has 1 fully saturated rings. The SMILES string of the molecule is CCC1OC1CCC(C)[Si](OC)(OC)OC. The Bertz CT molecular complexity index is 200. The monoisotopic (exact) mass is 248 g/mol. The molecule has 16 heavy (non-hydrogen) atoms. The average Bonchev–Trinajstić information content (AvgIpc) is 3.08. The van der Waals surface area contributed by atoms with Crippen molar-refractivity contribution in [1.82, 2.24) is 0 Å². The van der Waals surface area contributed by atoms with Crippen LogP contribution < -0.4 is 0 Å². The van der Waals surface area contributed by atoms with Crippen LogP contribution in [0.15, 0.2) is 0 Å². The second-order valence-corrected chi connectivity index (χ2v) is 7.73. The topological polar surface area (TPSA) is 40.2 Å². The zero-order valence-corrected chi connectivity index (χ0v) is 12.0. The third kappa shape index (κ3) is 3.04. The lowest BCUT2D eigenvalue weighted by molar-refractivity contribution is 0.111. The van der Waals surface area contributed by atoms with Crippen LogP contribution in [0.4, 0.5) is 0 Å². The van der Waals surface area contributed by atoms with Crippen LogP contribution >= 0.6 is 0 Å². The molecule has 0 radical (unpaired) electrons. The van der Waals surface area contributed by atoms with E-state index < -0.39 is 8.80 Å². The molecule has 0 bridgehead atoms. The van der Waals surface area contributed by atoms with Gasteiger partial charge >= 0.3 is 8.80 Å². The molecule has 1 aliphatic heterocycles. The highest BCUT2D eigenvalue weighted by atomic mass is 28.4. The van der Waals surface area contributed by atoms with E-state index in [1.807, 2.05) is 0 Å². The van der Waals surface area contributed by atoms with Gasteiger partial charge < -0.3 is 18.0 Å². The minimum Gasteiger partial charge on any atom is -0.377 e. The van der Waals surface area contributed by atoms with E-state index >= 15 is 0 Å². The Morgan fingerprint density at radius 3 is 2.06 bits per heavy atom. The van der Waals surface area contributed by atoms with Crippen molar-refractivity contribution in [2.75, 3.05) is 21.3 Å². The van der Waals surface area contributed by atoms with Crippen molar-refractivity contribution in [3.05, 3.63) is 0 Å². The molecule has 0 aromatic carbocycles. The summed E-state index contributed by atoms with van der Waals surface area (Å²) in [5.74, 6) is 0. The second-order valence-electron chi connectivity index (χ2n) is 4.32. The summed E-state index contributed by atoms with van der Waals surface area (Å²) in [6.07, 6.45) is 4.15. The molecule has 96 valence electrons. The molecule has 0 spiro atoms. The number of rotatable bonds is 8. The smallest absolute Gasteiger partial charge is 0.377 e. The number of hydrogen-bond donors (Lipinski definition) is 0. The summed E-state index contributed by atoms with van der Waals surface area (Å²) < 4.78 is 21.9. The van der Waals surface area contributed by atoms with Gasteiger partial charge in [-0.3, -0.25) is 0 Å². The van der Waals surface area contributed by atoms with E-state index in [2.05, 4.69) is 13.8 Å². The zero-order valence-electron chi connectivity index (χ0n) is 11.0. The summed E-state index contributed by atoms with van der Waals surface area (Å²) in [6, 6.07) is 0. The van der Waals surface area contributed by atoms with E-state index in [9.17, 15) is 0 Å². The molecule has 3 unspecified atom stereocenters. The Morgan fingerprint density at radius 1 is 1.12 bits per heavy atom. The molecule has 0 N–H and O–H groups in total. The molecule has 1 saturated heterocycles. The Morgan fingerprint density at radius 2 is 1.69 bits per heavy atom. The Kier molecular flexibility index (Phi) is 5.40. The van der Waals surface area contributed by atoms with Crippen molar-refractivity contribution < 1.29 is 18.0 Å². The third-order valence-electron chi connectivity index (χ3n) is 3.43. The van der Waals surface area contributed by atoms with Gasteiger partial charge in [0.25, 0.3) is 0 Å². The highest BCUT2D eigenvalue weighted by Crippen LogP contribution is 2.34. The molecule has 0 aliphatic carbocycles. The van der Waals surface area contributed by atoms with Crippen molar-refractivity contribution >= 4 is 8.80 Å². The molecule has 4 nitrogen and oxygen atoms in total. The molecule has 0 aromatic rings. The summed E-state index contributed by atoms with van der Waals surface area (Å²) in [6.45, 7) is 4.29. The Hall–Kier alpha value is 0.0569. The van der Waals surface area contributed by atoms with E-state index in [4.69, 9.17) is 18.0 Å². The lowest BCUT2D eigenvalue weighted by Gasteiger charge is -2.30. The van der Waals surface area contributed by atoms with Crippen molar-refractivity contribution in [3.63, 3.8) is 0 Å². The van der Waals surface area contributed by atoms with Gasteiger partial charge in [-0.25, -0.2) is 0 Å². The molecular formula is C11H24O4Si. The van der Waals surface area contributed by atoms with E-state index in [1.54, 1.807) is 21.3 Å². The molecule has 1 heterocycles. The van der Waals surface area contributed by atoms with Crippen LogP contribution in [-0.2, 0) is 18.0 Å². The molecule has 3 atom stereocenters. The van der Waals surface area contributed by atoms with E-state index in [0.29, 0.717) is 17.7 Å². The van der Waals surface area contributed by atoms with Gasteiger partial charge in [-0.15, -0.1) is 0 Å². The Balaban J connectivity index is 2.35. The third-order valence-corrected chi connectivity index (χ3v) is 6.63. The maximum atomic E-state index is 5.52. The second kappa shape index (κ2) is 6.12. The van der Waals surface area contributed by atoms with Gasteiger partial charge in [-0.2, -0.15) is 0 Å². The molecule has 0 amide bonds. The van der Waals surface area contributed by atoms with E-state index in [0.717, 1.165) is 19.3 Å². The lowest BCUT2D eigenvalue weighted by Crippen LogP contribution is -2.46. The summed E-state index contributed by atoms with van der Waals surface area (Å²) in [5, 5.41) is 0. The Labute approximate surface area is 99.6 Å². The molecule has 5 heteroatoms. The van der Waals surface area contributed by atoms with Crippen LogP contribution in [-0.4, -0.2) is 42.3 Å². The van der Waals surface area contributed by atoms with Crippen LogP contribution in [0.3, 0.4) is 0 Å². The van der Waals surface area contributed by atoms with Gasteiger partial charge in [0, 0.05) is 26.9 Å². The highest BCUT2D eigenvalue weighted by molar-refractivity contribution is 6.62. The predicted molar refractivity (Wildman–Crippen MR) is 64.4 cm³/mol. The molecule has 0 aromatic heterocycles. The summed E-state index contributed by atoms with van der Waals surface area (Å²) in [7, 11) is 2.55. The quantitative estimate of drug-likeness (QED) is 0.488. The average molecular weight is 248 g/mol. The first-order valence-electron chi connectivity index (χ1n) is 5.94. The van der Waals surface area contributed by atoms with Crippen LogP contribution in [0.1, 0.15) is 33.1 Å². The predicted octanol–water partition coefficient (Wildman–Crippen LogP) is 2.21. The normalized spacial score (nSPS) is 26.8. The fraction of sp³-hybridized carbons (Fsp3) is 1.00. The van der Waals surface area contributed by atoms with Crippen molar-refractivity contribution in [1.29, 1.82) is 0 Å². The number of hydrogen-bond acceptors (Lipinski definition) is 4. The number of ether oxygens (including phenoxy) is 1. The maximum Gasteiger partial charge on any atom is 0.503 e.